The van der Waals surface area contributed by atoms with Crippen LogP contribution in [0.1, 0.15) is 21.6 Å². The molecule has 0 fully saturated rings. The molecule has 2 aromatic heterocycles. The van der Waals surface area contributed by atoms with Crippen LogP contribution in [0.4, 0.5) is 5.95 Å². The number of para-hydroxylation sites is 1. The van der Waals surface area contributed by atoms with E-state index in [0.717, 1.165) is 33.4 Å². The quantitative estimate of drug-likeness (QED) is 0.456. The predicted molar refractivity (Wildman–Crippen MR) is 119 cm³/mol. The maximum absolute atomic E-state index is 13.4. The average Bonchev–Trinajstić information content (AvgIpc) is 3.42. The molecule has 0 unspecified atom stereocenters. The molecule has 0 atom stereocenters. The van der Waals surface area contributed by atoms with E-state index in [9.17, 15) is 4.79 Å². The number of furan rings is 1. The summed E-state index contributed by atoms with van der Waals surface area (Å²) in [6.07, 6.45) is 0. The summed E-state index contributed by atoms with van der Waals surface area (Å²) >= 11 is 0. The Labute approximate surface area is 177 Å². The first-order chi connectivity index (χ1) is 15.2. The molecule has 2 N–H and O–H groups in total. The Balaban J connectivity index is 1.45. The van der Waals surface area contributed by atoms with E-state index in [0.29, 0.717) is 29.7 Å². The maximum atomic E-state index is 13.4. The van der Waals surface area contributed by atoms with Crippen LogP contribution in [0.15, 0.2) is 77.2 Å². The fourth-order valence-corrected chi connectivity index (χ4v) is 4.21. The first-order valence-corrected chi connectivity index (χ1v) is 10.1. The fourth-order valence-electron chi connectivity index (χ4n) is 4.21. The minimum Gasteiger partial charge on any atom is -0.456 e. The molecule has 0 saturated carbocycles. The van der Waals surface area contributed by atoms with Gasteiger partial charge in [0.1, 0.15) is 17.0 Å². The summed E-state index contributed by atoms with van der Waals surface area (Å²) in [6, 6.07) is 23.6. The van der Waals surface area contributed by atoms with Crippen LogP contribution in [-0.2, 0) is 13.1 Å². The van der Waals surface area contributed by atoms with Gasteiger partial charge in [-0.2, -0.15) is 0 Å². The van der Waals surface area contributed by atoms with E-state index in [1.54, 1.807) is 4.90 Å². The summed E-state index contributed by atoms with van der Waals surface area (Å²) in [5.74, 6) is 0.660. The molecule has 5 aromatic rings. The molecular formula is C25H18N4O2. The number of hydrogen-bond acceptors (Lipinski definition) is 5. The number of nitrogens with zero attached hydrogens (tertiary/aromatic N) is 3. The normalized spacial score (nSPS) is 13.1. The number of nitrogens with two attached hydrogens (primary N) is 1. The van der Waals surface area contributed by atoms with Crippen molar-refractivity contribution in [3.8, 4) is 11.3 Å². The van der Waals surface area contributed by atoms with Crippen LogP contribution < -0.4 is 5.73 Å². The largest absolute Gasteiger partial charge is 0.456 e. The van der Waals surface area contributed by atoms with E-state index in [1.807, 2.05) is 60.7 Å². The third kappa shape index (κ3) is 2.92. The Bertz CT molecular complexity index is 1430. The lowest BCUT2D eigenvalue weighted by Gasteiger charge is -2.16. The zero-order chi connectivity index (χ0) is 20.9. The molecule has 0 spiro atoms. The predicted octanol–water partition coefficient (Wildman–Crippen LogP) is 4.78. The SMILES string of the molecule is Nc1nc(C(=O)N2Cc3ccccc3C2)c2cc(-c3cc4ccccc4o3)ccc2n1. The number of carbonyl (C=O) groups is 1. The van der Waals surface area contributed by atoms with Crippen molar-refractivity contribution in [3.63, 3.8) is 0 Å². The van der Waals surface area contributed by atoms with Gasteiger partial charge in [0.05, 0.1) is 5.52 Å². The van der Waals surface area contributed by atoms with E-state index in [2.05, 4.69) is 22.1 Å². The van der Waals surface area contributed by atoms with Crippen LogP contribution in [0.5, 0.6) is 0 Å². The Hall–Kier alpha value is -4.19. The van der Waals surface area contributed by atoms with Gasteiger partial charge in [-0.15, -0.1) is 0 Å². The highest BCUT2D eigenvalue weighted by Gasteiger charge is 2.27. The molecule has 0 radical (unpaired) electrons. The van der Waals surface area contributed by atoms with Gasteiger partial charge in [0.25, 0.3) is 5.91 Å². The number of nitrogen functional groups attached to an aromatic ring is 1. The van der Waals surface area contributed by atoms with Crippen LogP contribution >= 0.6 is 0 Å². The van der Waals surface area contributed by atoms with Crippen molar-refractivity contribution in [2.24, 2.45) is 0 Å². The number of anilines is 1. The summed E-state index contributed by atoms with van der Waals surface area (Å²) in [4.78, 5) is 23.9. The molecule has 0 saturated heterocycles. The van der Waals surface area contributed by atoms with E-state index < -0.39 is 0 Å². The van der Waals surface area contributed by atoms with Crippen LogP contribution in [-0.4, -0.2) is 20.8 Å². The van der Waals surface area contributed by atoms with Crippen molar-refractivity contribution in [2.45, 2.75) is 13.1 Å². The van der Waals surface area contributed by atoms with E-state index in [1.165, 1.54) is 0 Å². The number of hydrogen-bond donors (Lipinski definition) is 1. The van der Waals surface area contributed by atoms with Crippen molar-refractivity contribution in [3.05, 3.63) is 89.6 Å². The lowest BCUT2D eigenvalue weighted by Crippen LogP contribution is -2.27. The first-order valence-electron chi connectivity index (χ1n) is 10.1. The van der Waals surface area contributed by atoms with E-state index >= 15 is 0 Å². The minimum atomic E-state index is -0.156. The summed E-state index contributed by atoms with van der Waals surface area (Å²) in [5, 5.41) is 1.69. The second-order valence-electron chi connectivity index (χ2n) is 7.74. The Morgan fingerprint density at radius 3 is 2.42 bits per heavy atom. The van der Waals surface area contributed by atoms with Gasteiger partial charge in [-0.25, -0.2) is 9.97 Å². The third-order valence-corrected chi connectivity index (χ3v) is 5.75. The van der Waals surface area contributed by atoms with E-state index in [-0.39, 0.29) is 11.9 Å². The number of amides is 1. The number of benzene rings is 3. The molecular weight excluding hydrogens is 388 g/mol. The summed E-state index contributed by atoms with van der Waals surface area (Å²) < 4.78 is 6.01. The minimum absolute atomic E-state index is 0.0871. The number of carbonyl (C=O) groups excluding carboxylic acids is 1. The zero-order valence-corrected chi connectivity index (χ0v) is 16.6. The molecule has 0 aliphatic carbocycles. The standard InChI is InChI=1S/C25H18N4O2/c26-25-27-20-10-9-16(22-12-15-5-3-4-8-21(15)31-22)11-19(20)23(28-25)24(30)29-13-17-6-1-2-7-18(17)14-29/h1-12H,13-14H2,(H2,26,27,28). The molecule has 6 rings (SSSR count). The van der Waals surface area contributed by atoms with Gasteiger partial charge >= 0.3 is 0 Å². The highest BCUT2D eigenvalue weighted by Crippen LogP contribution is 2.32. The second kappa shape index (κ2) is 6.67. The van der Waals surface area contributed by atoms with Gasteiger partial charge in [-0.05, 0) is 41.5 Å². The van der Waals surface area contributed by atoms with Gasteiger partial charge in [0.2, 0.25) is 5.95 Å². The Morgan fingerprint density at radius 1 is 0.903 bits per heavy atom. The summed E-state index contributed by atoms with van der Waals surface area (Å²) in [5.41, 5.74) is 10.9. The molecule has 3 aromatic carbocycles. The monoisotopic (exact) mass is 406 g/mol. The van der Waals surface area contributed by atoms with Crippen LogP contribution in [0.2, 0.25) is 0 Å². The lowest BCUT2D eigenvalue weighted by atomic mass is 10.1. The van der Waals surface area contributed by atoms with Crippen molar-refractivity contribution in [1.82, 2.24) is 14.9 Å². The van der Waals surface area contributed by atoms with Gasteiger partial charge < -0.3 is 15.1 Å². The lowest BCUT2D eigenvalue weighted by molar-refractivity contribution is 0.0747. The Morgan fingerprint density at radius 2 is 1.65 bits per heavy atom. The number of rotatable bonds is 2. The molecule has 1 aliphatic rings. The molecule has 6 heteroatoms. The highest BCUT2D eigenvalue weighted by atomic mass is 16.3. The summed E-state index contributed by atoms with van der Waals surface area (Å²) in [6.45, 7) is 1.12. The molecule has 0 bridgehead atoms. The third-order valence-electron chi connectivity index (χ3n) is 5.75. The smallest absolute Gasteiger partial charge is 0.273 e. The van der Waals surface area contributed by atoms with Gasteiger partial charge in [-0.1, -0.05) is 42.5 Å². The number of aromatic nitrogens is 2. The average molecular weight is 406 g/mol. The molecule has 150 valence electrons. The molecule has 6 nitrogen and oxygen atoms in total. The van der Waals surface area contributed by atoms with Gasteiger partial charge in [-0.3, -0.25) is 4.79 Å². The maximum Gasteiger partial charge on any atom is 0.273 e. The molecule has 31 heavy (non-hydrogen) atoms. The molecule has 1 amide bonds. The van der Waals surface area contributed by atoms with Crippen molar-refractivity contribution in [2.75, 3.05) is 5.73 Å². The molecule has 3 heterocycles. The Kier molecular flexibility index (Phi) is 3.80. The van der Waals surface area contributed by atoms with Crippen LogP contribution in [0, 0.1) is 0 Å². The first kappa shape index (κ1) is 17.7. The van der Waals surface area contributed by atoms with Crippen LogP contribution in [0.3, 0.4) is 0 Å². The zero-order valence-electron chi connectivity index (χ0n) is 16.6. The van der Waals surface area contributed by atoms with Crippen molar-refractivity contribution < 1.29 is 9.21 Å². The van der Waals surface area contributed by atoms with Gasteiger partial charge in [0.15, 0.2) is 0 Å². The van der Waals surface area contributed by atoms with Crippen molar-refractivity contribution >= 4 is 33.7 Å². The molecule has 1 aliphatic heterocycles. The second-order valence-corrected chi connectivity index (χ2v) is 7.74. The highest BCUT2D eigenvalue weighted by molar-refractivity contribution is 6.05. The van der Waals surface area contributed by atoms with Gasteiger partial charge in [0, 0.05) is 29.4 Å². The van der Waals surface area contributed by atoms with Crippen LogP contribution in [0.25, 0.3) is 33.2 Å². The fraction of sp³-hybridized carbons (Fsp3) is 0.0800. The van der Waals surface area contributed by atoms with Crippen molar-refractivity contribution in [1.29, 1.82) is 0 Å². The number of fused-ring (bicyclic) bond motifs is 3. The summed E-state index contributed by atoms with van der Waals surface area (Å²) in [7, 11) is 0. The van der Waals surface area contributed by atoms with E-state index in [4.69, 9.17) is 10.2 Å². The topological polar surface area (TPSA) is 85.2 Å².